The molecule has 0 amide bonds. The van der Waals surface area contributed by atoms with Gasteiger partial charge in [-0.1, -0.05) is 133 Å². The Balaban J connectivity index is 2.83. The topological polar surface area (TPSA) is 0 Å². The van der Waals surface area contributed by atoms with Gasteiger partial charge in [0, 0.05) is 0 Å². The molecule has 0 fully saturated rings. The zero-order chi connectivity index (χ0) is 24.3. The molecule has 178 valence electrons. The lowest BCUT2D eigenvalue weighted by Crippen LogP contribution is -2.37. The summed E-state index contributed by atoms with van der Waals surface area (Å²) in [6.07, 6.45) is 0. The van der Waals surface area contributed by atoms with E-state index in [9.17, 15) is 0 Å². The summed E-state index contributed by atoms with van der Waals surface area (Å²) in [6.45, 7) is 28.9. The SMILES string of the molecule is Cc1ccc(P(c2ccc(C)cc2P(C(C)C)C(C)C)C(C)C)c(P(C(C)C)C(C)C)c1. The quantitative estimate of drug-likeness (QED) is 0.314. The molecule has 2 aromatic rings. The molecule has 0 aliphatic heterocycles. The highest BCUT2D eigenvalue weighted by Gasteiger charge is 2.31. The van der Waals surface area contributed by atoms with Gasteiger partial charge in [0.05, 0.1) is 0 Å². The highest BCUT2D eigenvalue weighted by Crippen LogP contribution is 2.51. The fourth-order valence-electron chi connectivity index (χ4n) is 5.08. The minimum atomic E-state index is -0.408. The van der Waals surface area contributed by atoms with Crippen molar-refractivity contribution in [1.82, 2.24) is 0 Å². The fourth-order valence-corrected chi connectivity index (χ4v) is 14.9. The van der Waals surface area contributed by atoms with Crippen molar-refractivity contribution >= 4 is 45.0 Å². The first-order valence-electron chi connectivity index (χ1n) is 12.4. The first-order valence-corrected chi connectivity index (χ1v) is 16.8. The monoisotopic (exact) mass is 488 g/mol. The van der Waals surface area contributed by atoms with Crippen LogP contribution in [0.3, 0.4) is 0 Å². The minimum Gasteiger partial charge on any atom is -0.0694 e. The van der Waals surface area contributed by atoms with Crippen LogP contribution < -0.4 is 21.2 Å². The summed E-state index contributed by atoms with van der Waals surface area (Å²) in [5.41, 5.74) is 6.26. The molecule has 3 heteroatoms. The average Bonchev–Trinajstić information content (AvgIpc) is 2.63. The third-order valence-corrected chi connectivity index (χ3v) is 15.6. The van der Waals surface area contributed by atoms with Gasteiger partial charge >= 0.3 is 0 Å². The number of hydrogen-bond acceptors (Lipinski definition) is 0. The molecule has 0 bridgehead atoms. The minimum absolute atomic E-state index is 0.193. The van der Waals surface area contributed by atoms with Crippen molar-refractivity contribution in [2.75, 3.05) is 0 Å². The van der Waals surface area contributed by atoms with E-state index < -0.39 is 7.92 Å². The molecule has 0 saturated heterocycles. The normalized spacial score (nSPS) is 12.8. The maximum absolute atomic E-state index is 2.54. The summed E-state index contributed by atoms with van der Waals surface area (Å²) in [6, 6.07) is 14.8. The van der Waals surface area contributed by atoms with Gasteiger partial charge in [0.25, 0.3) is 0 Å². The van der Waals surface area contributed by atoms with Gasteiger partial charge in [-0.3, -0.25) is 0 Å². The van der Waals surface area contributed by atoms with Gasteiger partial charge in [0.1, 0.15) is 0 Å². The molecular weight excluding hydrogens is 441 g/mol. The Bertz CT molecular complexity index is 794. The van der Waals surface area contributed by atoms with Gasteiger partial charge in [-0.2, -0.15) is 0 Å². The van der Waals surface area contributed by atoms with Gasteiger partial charge in [-0.15, -0.1) is 0 Å². The van der Waals surface area contributed by atoms with Crippen molar-refractivity contribution in [2.24, 2.45) is 0 Å². The van der Waals surface area contributed by atoms with E-state index in [4.69, 9.17) is 0 Å². The maximum atomic E-state index is 2.54. The molecule has 0 aliphatic rings. The van der Waals surface area contributed by atoms with Crippen LogP contribution in [-0.4, -0.2) is 28.3 Å². The van der Waals surface area contributed by atoms with Crippen LogP contribution in [0, 0.1) is 13.8 Å². The van der Waals surface area contributed by atoms with E-state index in [0.29, 0.717) is 28.3 Å². The smallest absolute Gasteiger partial charge is 0.0116 e. The second kappa shape index (κ2) is 11.9. The van der Waals surface area contributed by atoms with Crippen LogP contribution in [0.1, 0.15) is 80.4 Å². The third kappa shape index (κ3) is 6.44. The second-order valence-electron chi connectivity index (χ2n) is 10.6. The molecule has 2 rings (SSSR count). The van der Waals surface area contributed by atoms with Crippen LogP contribution in [0.4, 0.5) is 0 Å². The molecule has 32 heavy (non-hydrogen) atoms. The molecule has 0 heterocycles. The molecule has 0 atom stereocenters. The van der Waals surface area contributed by atoms with Crippen LogP contribution >= 0.6 is 23.8 Å². The van der Waals surface area contributed by atoms with Crippen LogP contribution in [0.15, 0.2) is 36.4 Å². The number of benzene rings is 2. The predicted molar refractivity (Wildman–Crippen MR) is 157 cm³/mol. The van der Waals surface area contributed by atoms with Crippen molar-refractivity contribution in [3.8, 4) is 0 Å². The number of hydrogen-bond donors (Lipinski definition) is 0. The maximum Gasteiger partial charge on any atom is -0.0116 e. The molecule has 0 aliphatic carbocycles. The van der Waals surface area contributed by atoms with E-state index in [2.05, 4.69) is 119 Å². The Hall–Kier alpha value is -0.270. The summed E-state index contributed by atoms with van der Waals surface area (Å²) < 4.78 is 0. The van der Waals surface area contributed by atoms with Crippen molar-refractivity contribution in [1.29, 1.82) is 0 Å². The average molecular weight is 489 g/mol. The van der Waals surface area contributed by atoms with E-state index in [1.54, 1.807) is 21.2 Å². The Kier molecular flexibility index (Phi) is 10.4. The lowest BCUT2D eigenvalue weighted by Gasteiger charge is -2.36. The Morgan fingerprint density at radius 3 is 1.00 bits per heavy atom. The largest absolute Gasteiger partial charge is 0.0694 e. The molecule has 0 nitrogen and oxygen atoms in total. The van der Waals surface area contributed by atoms with Gasteiger partial charge < -0.3 is 0 Å². The van der Waals surface area contributed by atoms with Crippen LogP contribution in [-0.2, 0) is 0 Å². The molecule has 0 aromatic heterocycles. The summed E-state index contributed by atoms with van der Waals surface area (Å²) in [5.74, 6) is 0. The number of aryl methyl sites for hydroxylation is 2. The third-order valence-electron chi connectivity index (χ3n) is 6.08. The molecule has 0 radical (unpaired) electrons. The predicted octanol–water partition coefficient (Wildman–Crippen LogP) is 7.99. The van der Waals surface area contributed by atoms with Crippen molar-refractivity contribution in [3.05, 3.63) is 47.5 Å². The Labute approximate surface area is 203 Å². The summed E-state index contributed by atoms with van der Waals surface area (Å²) >= 11 is 0. The van der Waals surface area contributed by atoms with Crippen molar-refractivity contribution in [3.63, 3.8) is 0 Å². The molecule has 0 N–H and O–H groups in total. The van der Waals surface area contributed by atoms with Crippen molar-refractivity contribution < 1.29 is 0 Å². The van der Waals surface area contributed by atoms with E-state index >= 15 is 0 Å². The van der Waals surface area contributed by atoms with Crippen LogP contribution in [0.25, 0.3) is 0 Å². The Morgan fingerprint density at radius 2 is 0.750 bits per heavy atom. The van der Waals surface area contributed by atoms with Gasteiger partial charge in [0.2, 0.25) is 0 Å². The first kappa shape index (κ1) is 28.0. The van der Waals surface area contributed by atoms with Crippen molar-refractivity contribution in [2.45, 2.75) is 111 Å². The van der Waals surface area contributed by atoms with E-state index in [1.807, 2.05) is 0 Å². The summed E-state index contributed by atoms with van der Waals surface area (Å²) in [5, 5.41) is 6.66. The Morgan fingerprint density at radius 1 is 0.438 bits per heavy atom. The number of rotatable bonds is 9. The second-order valence-corrected chi connectivity index (χ2v) is 20.1. The highest BCUT2D eigenvalue weighted by atomic mass is 31.1. The molecule has 0 saturated carbocycles. The zero-order valence-corrected chi connectivity index (χ0v) is 25.4. The van der Waals surface area contributed by atoms with E-state index in [-0.39, 0.29) is 15.8 Å². The summed E-state index contributed by atoms with van der Waals surface area (Å²) in [7, 11) is -0.794. The summed E-state index contributed by atoms with van der Waals surface area (Å²) in [4.78, 5) is 0. The molecule has 0 unspecified atom stereocenters. The van der Waals surface area contributed by atoms with E-state index in [0.717, 1.165) is 0 Å². The lowest BCUT2D eigenvalue weighted by atomic mass is 10.2. The highest BCUT2D eigenvalue weighted by molar-refractivity contribution is 7.79. The van der Waals surface area contributed by atoms with Gasteiger partial charge in [-0.05, 0) is 71.3 Å². The lowest BCUT2D eigenvalue weighted by molar-refractivity contribution is 1.02. The van der Waals surface area contributed by atoms with E-state index in [1.165, 1.54) is 11.1 Å². The fraction of sp³-hybridized carbons (Fsp3) is 0.586. The molecule has 0 spiro atoms. The zero-order valence-electron chi connectivity index (χ0n) is 22.7. The molecular formula is C29H47P3. The standard InChI is InChI=1S/C29H47P3/c1-19(2)30(20(3)4)28-17-24(11)13-15-26(28)32(23(9)10)27-16-14-25(12)18-29(27)31(21(5)6)22(7)8/h13-23H,1-12H3. The van der Waals surface area contributed by atoms with Gasteiger partial charge in [0.15, 0.2) is 0 Å². The first-order chi connectivity index (χ1) is 14.9. The van der Waals surface area contributed by atoms with Crippen LogP contribution in [0.5, 0.6) is 0 Å². The molecule has 2 aromatic carbocycles. The van der Waals surface area contributed by atoms with Crippen LogP contribution in [0.2, 0.25) is 0 Å². The van der Waals surface area contributed by atoms with Gasteiger partial charge in [-0.25, -0.2) is 0 Å².